The minimum Gasteiger partial charge on any atom is -0.392 e. The topological polar surface area (TPSA) is 20.2 Å². The van der Waals surface area contributed by atoms with E-state index in [4.69, 9.17) is 0 Å². The minimum atomic E-state index is 0.194. The molecule has 0 bridgehead atoms. The summed E-state index contributed by atoms with van der Waals surface area (Å²) in [5.41, 5.74) is 2.21. The number of fused-ring (bicyclic) bond motifs is 5. The zero-order chi connectivity index (χ0) is 20.5. The van der Waals surface area contributed by atoms with Crippen molar-refractivity contribution < 1.29 is 5.11 Å². The maximum absolute atomic E-state index is 9.69. The van der Waals surface area contributed by atoms with Crippen molar-refractivity contribution >= 4 is 0 Å². The molecule has 1 N–H and O–H groups in total. The van der Waals surface area contributed by atoms with Gasteiger partial charge in [0.2, 0.25) is 0 Å². The Balaban J connectivity index is 0.000000706. The highest BCUT2D eigenvalue weighted by molar-refractivity contribution is 5.16. The molecule has 4 saturated carbocycles. The molecule has 0 saturated heterocycles. The largest absolute Gasteiger partial charge is 0.392 e. The zero-order valence-corrected chi connectivity index (χ0v) is 19.6. The van der Waals surface area contributed by atoms with Gasteiger partial charge in [0.1, 0.15) is 0 Å². The molecule has 0 radical (unpaired) electrons. The second-order valence-corrected chi connectivity index (χ2v) is 11.3. The standard InChI is InChI=1S/C24H40O.C3H8/c1-5-24-13-10-16(2)14-18(24)6-7-19-21-9-8-20(17(3)15-25)23(21,4)12-11-22(19)24;1-3-2/h16,18-22,25H,3,5-15H2,1-2,4H3;3H2,1-2H3. The Kier molecular flexibility index (Phi) is 7.06. The molecular formula is C27H48O. The summed E-state index contributed by atoms with van der Waals surface area (Å²) in [6.07, 6.45) is 15.6. The first kappa shape index (κ1) is 22.4. The van der Waals surface area contributed by atoms with Gasteiger partial charge in [0.15, 0.2) is 0 Å². The molecule has 0 heterocycles. The van der Waals surface area contributed by atoms with E-state index in [1.54, 1.807) is 0 Å². The van der Waals surface area contributed by atoms with Crippen molar-refractivity contribution in [2.24, 2.45) is 46.3 Å². The summed E-state index contributed by atoms with van der Waals surface area (Å²) in [4.78, 5) is 0. The van der Waals surface area contributed by atoms with E-state index in [1.807, 2.05) is 0 Å². The molecular weight excluding hydrogens is 340 g/mol. The van der Waals surface area contributed by atoms with E-state index in [-0.39, 0.29) is 6.61 Å². The summed E-state index contributed by atoms with van der Waals surface area (Å²) in [6, 6.07) is 0. The maximum atomic E-state index is 9.69. The lowest BCUT2D eigenvalue weighted by Crippen LogP contribution is -2.54. The summed E-state index contributed by atoms with van der Waals surface area (Å²) in [6.45, 7) is 16.2. The van der Waals surface area contributed by atoms with Gasteiger partial charge in [-0.25, -0.2) is 0 Å². The first-order valence-electron chi connectivity index (χ1n) is 12.7. The van der Waals surface area contributed by atoms with Crippen molar-refractivity contribution in [3.8, 4) is 0 Å². The van der Waals surface area contributed by atoms with Gasteiger partial charge in [-0.2, -0.15) is 0 Å². The predicted octanol–water partition coefficient (Wildman–Crippen LogP) is 7.64. The smallest absolute Gasteiger partial charge is 0.0642 e. The van der Waals surface area contributed by atoms with Gasteiger partial charge in [0, 0.05) is 0 Å². The van der Waals surface area contributed by atoms with E-state index in [1.165, 1.54) is 70.6 Å². The highest BCUT2D eigenvalue weighted by Crippen LogP contribution is 2.69. The highest BCUT2D eigenvalue weighted by Gasteiger charge is 2.60. The summed E-state index contributed by atoms with van der Waals surface area (Å²) in [7, 11) is 0. The number of rotatable bonds is 3. The Labute approximate surface area is 175 Å². The predicted molar refractivity (Wildman–Crippen MR) is 121 cm³/mol. The van der Waals surface area contributed by atoms with E-state index < -0.39 is 0 Å². The van der Waals surface area contributed by atoms with Crippen LogP contribution in [0.25, 0.3) is 0 Å². The lowest BCUT2D eigenvalue weighted by atomic mass is 9.43. The van der Waals surface area contributed by atoms with Crippen LogP contribution >= 0.6 is 0 Å². The molecule has 8 atom stereocenters. The number of hydrogen-bond donors (Lipinski definition) is 1. The Morgan fingerprint density at radius 1 is 0.964 bits per heavy atom. The molecule has 1 heteroatoms. The summed E-state index contributed by atoms with van der Waals surface area (Å²) < 4.78 is 0. The monoisotopic (exact) mass is 388 g/mol. The third-order valence-electron chi connectivity index (χ3n) is 9.98. The highest BCUT2D eigenvalue weighted by atomic mass is 16.3. The van der Waals surface area contributed by atoms with Crippen LogP contribution in [0.5, 0.6) is 0 Å². The lowest BCUT2D eigenvalue weighted by molar-refractivity contribution is -0.126. The van der Waals surface area contributed by atoms with Crippen molar-refractivity contribution in [2.45, 2.75) is 105 Å². The summed E-state index contributed by atoms with van der Waals surface area (Å²) in [5.74, 6) is 5.38. The maximum Gasteiger partial charge on any atom is 0.0642 e. The van der Waals surface area contributed by atoms with Crippen LogP contribution in [0.3, 0.4) is 0 Å². The van der Waals surface area contributed by atoms with E-state index in [9.17, 15) is 5.11 Å². The molecule has 4 aliphatic rings. The molecule has 0 aromatic rings. The molecule has 162 valence electrons. The Hall–Kier alpha value is -0.300. The third-order valence-corrected chi connectivity index (χ3v) is 9.98. The van der Waals surface area contributed by atoms with Crippen LogP contribution in [-0.4, -0.2) is 11.7 Å². The molecule has 4 rings (SSSR count). The van der Waals surface area contributed by atoms with Crippen molar-refractivity contribution in [1.29, 1.82) is 0 Å². The molecule has 0 amide bonds. The number of aliphatic hydroxyl groups excluding tert-OH is 1. The van der Waals surface area contributed by atoms with Gasteiger partial charge >= 0.3 is 0 Å². The fourth-order valence-electron chi connectivity index (χ4n) is 8.76. The Morgan fingerprint density at radius 3 is 2.32 bits per heavy atom. The quantitative estimate of drug-likeness (QED) is 0.492. The van der Waals surface area contributed by atoms with Gasteiger partial charge in [-0.1, -0.05) is 54.0 Å². The van der Waals surface area contributed by atoms with Gasteiger partial charge in [0.05, 0.1) is 6.61 Å². The molecule has 0 aromatic heterocycles. The fourth-order valence-corrected chi connectivity index (χ4v) is 8.76. The van der Waals surface area contributed by atoms with E-state index >= 15 is 0 Å². The second-order valence-electron chi connectivity index (χ2n) is 11.3. The first-order chi connectivity index (χ1) is 13.4. The average Bonchev–Trinajstić information content (AvgIpc) is 3.05. The van der Waals surface area contributed by atoms with Gasteiger partial charge in [-0.3, -0.25) is 0 Å². The van der Waals surface area contributed by atoms with Crippen molar-refractivity contribution in [3.63, 3.8) is 0 Å². The van der Waals surface area contributed by atoms with Crippen molar-refractivity contribution in [1.82, 2.24) is 0 Å². The van der Waals surface area contributed by atoms with Crippen LogP contribution in [0, 0.1) is 46.3 Å². The fraction of sp³-hybridized carbons (Fsp3) is 0.926. The molecule has 1 nitrogen and oxygen atoms in total. The Morgan fingerprint density at radius 2 is 1.68 bits per heavy atom. The molecule has 0 aliphatic heterocycles. The average molecular weight is 389 g/mol. The molecule has 8 unspecified atom stereocenters. The van der Waals surface area contributed by atoms with E-state index in [0.29, 0.717) is 16.7 Å². The van der Waals surface area contributed by atoms with Crippen molar-refractivity contribution in [3.05, 3.63) is 12.2 Å². The van der Waals surface area contributed by atoms with Crippen LogP contribution in [0.1, 0.15) is 105 Å². The molecule has 0 spiro atoms. The van der Waals surface area contributed by atoms with E-state index in [0.717, 1.165) is 35.2 Å². The van der Waals surface area contributed by atoms with Gasteiger partial charge in [-0.05, 0) is 110 Å². The summed E-state index contributed by atoms with van der Waals surface area (Å²) in [5, 5.41) is 9.69. The van der Waals surface area contributed by atoms with Crippen LogP contribution in [0.15, 0.2) is 12.2 Å². The first-order valence-corrected chi connectivity index (χ1v) is 12.7. The second kappa shape index (κ2) is 8.83. The lowest BCUT2D eigenvalue weighted by Gasteiger charge is -2.62. The Bertz CT molecular complexity index is 538. The van der Waals surface area contributed by atoms with Gasteiger partial charge in [0.25, 0.3) is 0 Å². The minimum absolute atomic E-state index is 0.194. The normalized spacial score (nSPS) is 47.2. The molecule has 4 fully saturated rings. The van der Waals surface area contributed by atoms with E-state index in [2.05, 4.69) is 41.2 Å². The molecule has 28 heavy (non-hydrogen) atoms. The molecule has 4 aliphatic carbocycles. The van der Waals surface area contributed by atoms with Crippen LogP contribution < -0.4 is 0 Å². The molecule has 0 aromatic carbocycles. The van der Waals surface area contributed by atoms with Gasteiger partial charge in [-0.15, -0.1) is 0 Å². The zero-order valence-electron chi connectivity index (χ0n) is 19.6. The van der Waals surface area contributed by atoms with Crippen molar-refractivity contribution in [2.75, 3.05) is 6.61 Å². The van der Waals surface area contributed by atoms with Crippen LogP contribution in [0.2, 0.25) is 0 Å². The van der Waals surface area contributed by atoms with Crippen LogP contribution in [-0.2, 0) is 0 Å². The number of hydrogen-bond acceptors (Lipinski definition) is 1. The number of aliphatic hydroxyl groups is 1. The third kappa shape index (κ3) is 3.52. The summed E-state index contributed by atoms with van der Waals surface area (Å²) >= 11 is 0. The SMILES string of the molecule is C=C(CO)C1CCC2C3CCC4CC(C)CCC4(CC)C3CCC12C.CCC. The van der Waals surface area contributed by atoms with Crippen LogP contribution in [0.4, 0.5) is 0 Å². The van der Waals surface area contributed by atoms with Gasteiger partial charge < -0.3 is 5.11 Å².